The van der Waals surface area contributed by atoms with Crippen molar-refractivity contribution in [3.05, 3.63) is 32.7 Å². The predicted molar refractivity (Wildman–Crippen MR) is 73.2 cm³/mol. The Morgan fingerprint density at radius 2 is 1.94 bits per heavy atom. The normalized spacial score (nSPS) is 13.2. The topological polar surface area (TPSA) is 48.6 Å². The third kappa shape index (κ3) is 2.25. The minimum Gasteiger partial charge on any atom is -0.306 e. The van der Waals surface area contributed by atoms with Gasteiger partial charge in [-0.05, 0) is 24.1 Å². The van der Waals surface area contributed by atoms with E-state index in [0.29, 0.717) is 4.83 Å². The number of benzene rings is 1. The number of alkyl halides is 1. The van der Waals surface area contributed by atoms with E-state index in [1.54, 1.807) is 0 Å². The SMILES string of the molecule is CCCC(Br)c1cc2[nH]c(=O)[nH]c2cc1Br. The van der Waals surface area contributed by atoms with E-state index < -0.39 is 0 Å². The number of fused-ring (bicyclic) bond motifs is 1. The molecule has 0 radical (unpaired) electrons. The van der Waals surface area contributed by atoms with Gasteiger partial charge in [-0.3, -0.25) is 0 Å². The van der Waals surface area contributed by atoms with E-state index in [4.69, 9.17) is 0 Å². The molecule has 1 unspecified atom stereocenters. The van der Waals surface area contributed by atoms with Crippen molar-refractivity contribution in [3.8, 4) is 0 Å². The van der Waals surface area contributed by atoms with Gasteiger partial charge in [-0.25, -0.2) is 4.79 Å². The van der Waals surface area contributed by atoms with Gasteiger partial charge in [0.2, 0.25) is 0 Å². The van der Waals surface area contributed by atoms with Gasteiger partial charge >= 0.3 is 5.69 Å². The van der Waals surface area contributed by atoms with E-state index >= 15 is 0 Å². The number of hydrogen-bond donors (Lipinski definition) is 2. The molecule has 0 saturated heterocycles. The van der Waals surface area contributed by atoms with Gasteiger partial charge in [0, 0.05) is 9.30 Å². The van der Waals surface area contributed by atoms with Gasteiger partial charge in [-0.15, -0.1) is 0 Å². The first kappa shape index (κ1) is 11.9. The fraction of sp³-hybridized carbons (Fsp3) is 0.364. The zero-order valence-corrected chi connectivity index (χ0v) is 12.0. The Hall–Kier alpha value is -0.550. The molecule has 2 rings (SSSR count). The molecule has 0 amide bonds. The Balaban J connectivity index is 2.52. The highest BCUT2D eigenvalue weighted by Gasteiger charge is 2.12. The summed E-state index contributed by atoms with van der Waals surface area (Å²) in [4.78, 5) is 17.0. The molecule has 2 N–H and O–H groups in total. The largest absolute Gasteiger partial charge is 0.323 e. The number of H-pyrrole nitrogens is 2. The lowest BCUT2D eigenvalue weighted by Crippen LogP contribution is -1.99. The van der Waals surface area contributed by atoms with Crippen LogP contribution in [0.5, 0.6) is 0 Å². The van der Waals surface area contributed by atoms with Gasteiger partial charge in [-0.2, -0.15) is 0 Å². The van der Waals surface area contributed by atoms with Crippen LogP contribution in [0.3, 0.4) is 0 Å². The van der Waals surface area contributed by atoms with E-state index in [2.05, 4.69) is 48.8 Å². The van der Waals surface area contributed by atoms with Gasteiger partial charge in [0.1, 0.15) is 0 Å². The summed E-state index contributed by atoms with van der Waals surface area (Å²) in [5.41, 5.74) is 2.69. The number of aromatic nitrogens is 2. The lowest BCUT2D eigenvalue weighted by atomic mass is 10.1. The second-order valence-electron chi connectivity index (χ2n) is 3.75. The molecular formula is C11H12Br2N2O. The number of imidazole rings is 1. The molecular weight excluding hydrogens is 336 g/mol. The smallest absolute Gasteiger partial charge is 0.306 e. The van der Waals surface area contributed by atoms with E-state index in [-0.39, 0.29) is 5.69 Å². The number of nitrogens with one attached hydrogen (secondary N) is 2. The number of hydrogen-bond acceptors (Lipinski definition) is 1. The Labute approximate surface area is 110 Å². The van der Waals surface area contributed by atoms with Crippen molar-refractivity contribution in [2.75, 3.05) is 0 Å². The number of halogens is 2. The maximum Gasteiger partial charge on any atom is 0.323 e. The van der Waals surface area contributed by atoms with Gasteiger partial charge in [-0.1, -0.05) is 45.2 Å². The summed E-state index contributed by atoms with van der Waals surface area (Å²) >= 11 is 7.19. The molecule has 1 aromatic carbocycles. The minimum absolute atomic E-state index is 0.166. The summed E-state index contributed by atoms with van der Waals surface area (Å²) in [6.45, 7) is 2.15. The van der Waals surface area contributed by atoms with Crippen molar-refractivity contribution < 1.29 is 0 Å². The summed E-state index contributed by atoms with van der Waals surface area (Å²) in [6.07, 6.45) is 2.18. The summed E-state index contributed by atoms with van der Waals surface area (Å²) in [6, 6.07) is 3.94. The second-order valence-corrected chi connectivity index (χ2v) is 5.71. The molecule has 0 saturated carbocycles. The van der Waals surface area contributed by atoms with Crippen molar-refractivity contribution in [2.45, 2.75) is 24.6 Å². The standard InChI is InChI=1S/C11H12Br2N2O/c1-2-3-7(12)6-4-9-10(5-8(6)13)15-11(16)14-9/h4-5,7H,2-3H2,1H3,(H2,14,15,16). The van der Waals surface area contributed by atoms with Crippen molar-refractivity contribution in [2.24, 2.45) is 0 Å². The maximum absolute atomic E-state index is 11.2. The third-order valence-electron chi connectivity index (χ3n) is 2.51. The Morgan fingerprint density at radius 3 is 2.56 bits per heavy atom. The fourth-order valence-electron chi connectivity index (χ4n) is 1.72. The molecule has 0 bridgehead atoms. The van der Waals surface area contributed by atoms with Crippen LogP contribution in [0.4, 0.5) is 0 Å². The summed E-state index contributed by atoms with van der Waals surface area (Å²) in [7, 11) is 0. The first-order valence-electron chi connectivity index (χ1n) is 5.17. The highest BCUT2D eigenvalue weighted by atomic mass is 79.9. The van der Waals surface area contributed by atoms with Crippen LogP contribution in [0, 0.1) is 0 Å². The number of aromatic amines is 2. The summed E-state index contributed by atoms with van der Waals surface area (Å²) in [5, 5.41) is 0. The second kappa shape index (κ2) is 4.75. The van der Waals surface area contributed by atoms with E-state index in [9.17, 15) is 4.79 Å². The lowest BCUT2D eigenvalue weighted by molar-refractivity contribution is 0.787. The van der Waals surface area contributed by atoms with Gasteiger partial charge < -0.3 is 9.97 Å². The van der Waals surface area contributed by atoms with Crippen molar-refractivity contribution in [1.82, 2.24) is 9.97 Å². The highest BCUT2D eigenvalue weighted by Crippen LogP contribution is 2.34. The lowest BCUT2D eigenvalue weighted by Gasteiger charge is -2.11. The molecule has 0 aliphatic carbocycles. The fourth-order valence-corrected chi connectivity index (χ4v) is 3.49. The van der Waals surface area contributed by atoms with Crippen molar-refractivity contribution in [3.63, 3.8) is 0 Å². The zero-order chi connectivity index (χ0) is 11.7. The Kier molecular flexibility index (Phi) is 3.54. The van der Waals surface area contributed by atoms with Gasteiger partial charge in [0.05, 0.1) is 11.0 Å². The van der Waals surface area contributed by atoms with E-state index in [0.717, 1.165) is 28.3 Å². The summed E-state index contributed by atoms with van der Waals surface area (Å²) in [5.74, 6) is 0. The average molecular weight is 348 g/mol. The first-order chi connectivity index (χ1) is 7.61. The monoisotopic (exact) mass is 346 g/mol. The van der Waals surface area contributed by atoms with Crippen LogP contribution in [-0.2, 0) is 0 Å². The Bertz CT molecular complexity index is 559. The van der Waals surface area contributed by atoms with Gasteiger partial charge in [0.25, 0.3) is 0 Å². The van der Waals surface area contributed by atoms with Crippen LogP contribution in [0.15, 0.2) is 21.4 Å². The van der Waals surface area contributed by atoms with Crippen molar-refractivity contribution in [1.29, 1.82) is 0 Å². The molecule has 86 valence electrons. The zero-order valence-electron chi connectivity index (χ0n) is 8.81. The molecule has 0 fully saturated rings. The molecule has 0 aliphatic rings. The molecule has 0 aliphatic heterocycles. The molecule has 2 aromatic rings. The van der Waals surface area contributed by atoms with Crippen LogP contribution in [0.2, 0.25) is 0 Å². The van der Waals surface area contributed by atoms with Gasteiger partial charge in [0.15, 0.2) is 0 Å². The van der Waals surface area contributed by atoms with Crippen molar-refractivity contribution >= 4 is 42.9 Å². The molecule has 16 heavy (non-hydrogen) atoms. The maximum atomic E-state index is 11.2. The Morgan fingerprint density at radius 1 is 1.31 bits per heavy atom. The molecule has 1 aromatic heterocycles. The third-order valence-corrected chi connectivity index (χ3v) is 4.15. The van der Waals surface area contributed by atoms with Crippen LogP contribution >= 0.6 is 31.9 Å². The van der Waals surface area contributed by atoms with Crippen LogP contribution in [-0.4, -0.2) is 9.97 Å². The quantitative estimate of drug-likeness (QED) is 0.814. The van der Waals surface area contributed by atoms with Crippen LogP contribution in [0.1, 0.15) is 30.2 Å². The molecule has 0 spiro atoms. The van der Waals surface area contributed by atoms with Crippen LogP contribution < -0.4 is 5.69 Å². The number of rotatable bonds is 3. The minimum atomic E-state index is -0.166. The van der Waals surface area contributed by atoms with E-state index in [1.165, 1.54) is 5.56 Å². The summed E-state index contributed by atoms with van der Waals surface area (Å²) < 4.78 is 1.02. The van der Waals surface area contributed by atoms with Crippen LogP contribution in [0.25, 0.3) is 11.0 Å². The molecule has 1 atom stereocenters. The molecule has 3 nitrogen and oxygen atoms in total. The van der Waals surface area contributed by atoms with E-state index in [1.807, 2.05) is 12.1 Å². The average Bonchev–Trinajstić information content (AvgIpc) is 2.56. The first-order valence-corrected chi connectivity index (χ1v) is 6.88. The molecule has 5 heteroatoms. The highest BCUT2D eigenvalue weighted by molar-refractivity contribution is 9.11. The predicted octanol–water partition coefficient (Wildman–Crippen LogP) is 3.85. The molecule has 1 heterocycles.